The second-order valence-corrected chi connectivity index (χ2v) is 7.33. The van der Waals surface area contributed by atoms with Crippen LogP contribution in [0.4, 0.5) is 0 Å². The smallest absolute Gasteiger partial charge is 0.206 e. The summed E-state index contributed by atoms with van der Waals surface area (Å²) in [6, 6.07) is 10.0. The van der Waals surface area contributed by atoms with Crippen LogP contribution in [-0.2, 0) is 0 Å². The molecule has 8 heteroatoms. The molecule has 2 aromatic carbocycles. The van der Waals surface area contributed by atoms with E-state index in [1.165, 1.54) is 29.7 Å². The summed E-state index contributed by atoms with van der Waals surface area (Å²) in [6.07, 6.45) is 1.53. The molecule has 2 N–H and O–H groups in total. The molecular formula is C21H23N3O4S. The lowest BCUT2D eigenvalue weighted by atomic mass is 10.1. The Labute approximate surface area is 172 Å². The number of nitrogens with zero attached hydrogens (tertiary/aromatic N) is 3. The molecule has 0 aliphatic heterocycles. The molecule has 152 valence electrons. The minimum Gasteiger partial charge on any atom is -0.508 e. The number of phenols is 2. The maximum absolute atomic E-state index is 10.0. The third-order valence-electron chi connectivity index (χ3n) is 4.06. The van der Waals surface area contributed by atoms with E-state index >= 15 is 0 Å². The average molecular weight is 413 g/mol. The molecule has 29 heavy (non-hydrogen) atoms. The van der Waals surface area contributed by atoms with Gasteiger partial charge in [0.1, 0.15) is 23.0 Å². The maximum Gasteiger partial charge on any atom is 0.206 e. The quantitative estimate of drug-likeness (QED) is 0.601. The third-order valence-corrected chi connectivity index (χ3v) is 4.90. The average Bonchev–Trinajstić information content (AvgIpc) is 3.08. The molecule has 0 saturated carbocycles. The Balaban J connectivity index is 2.15. The van der Waals surface area contributed by atoms with Gasteiger partial charge in [0.2, 0.25) is 4.80 Å². The van der Waals surface area contributed by atoms with Gasteiger partial charge in [0.05, 0.1) is 26.1 Å². The number of hydrogen-bond donors (Lipinski definition) is 2. The molecule has 0 aliphatic rings. The zero-order valence-corrected chi connectivity index (χ0v) is 17.5. The lowest BCUT2D eigenvalue weighted by Crippen LogP contribution is -2.14. The predicted octanol–water partition coefficient (Wildman–Crippen LogP) is 3.84. The highest BCUT2D eigenvalue weighted by Crippen LogP contribution is 2.33. The van der Waals surface area contributed by atoms with E-state index in [0.717, 1.165) is 11.3 Å². The van der Waals surface area contributed by atoms with E-state index in [1.807, 2.05) is 37.4 Å². The standard InChI is InChI=1S/C21H23N3O4S/c1-13(2)23-21-24(22-11-14-5-6-15(25)9-19(14)26)18(12-29-21)17-8-7-16(27-3)10-20(17)28-4/h5-13,25-26H,1-4H3. The van der Waals surface area contributed by atoms with E-state index in [9.17, 15) is 10.2 Å². The van der Waals surface area contributed by atoms with Gasteiger partial charge in [-0.1, -0.05) is 0 Å². The van der Waals surface area contributed by atoms with E-state index in [4.69, 9.17) is 9.47 Å². The number of phenolic OH excluding ortho intramolecular Hbond substituents is 2. The van der Waals surface area contributed by atoms with Gasteiger partial charge < -0.3 is 19.7 Å². The molecule has 0 saturated heterocycles. The van der Waals surface area contributed by atoms with E-state index in [-0.39, 0.29) is 17.5 Å². The summed E-state index contributed by atoms with van der Waals surface area (Å²) in [5.41, 5.74) is 2.11. The summed E-state index contributed by atoms with van der Waals surface area (Å²) in [5, 5.41) is 26.0. The van der Waals surface area contributed by atoms with Crippen LogP contribution in [0.25, 0.3) is 11.3 Å². The van der Waals surface area contributed by atoms with Gasteiger partial charge in [0.25, 0.3) is 0 Å². The first-order valence-electron chi connectivity index (χ1n) is 8.96. The van der Waals surface area contributed by atoms with Crippen LogP contribution in [-0.4, -0.2) is 41.4 Å². The number of thiazole rings is 1. The van der Waals surface area contributed by atoms with Crippen LogP contribution in [0.3, 0.4) is 0 Å². The van der Waals surface area contributed by atoms with Crippen molar-refractivity contribution in [1.29, 1.82) is 0 Å². The molecule has 0 radical (unpaired) electrons. The first-order chi connectivity index (χ1) is 13.9. The molecule has 0 atom stereocenters. The van der Waals surface area contributed by atoms with Gasteiger partial charge in [-0.2, -0.15) is 5.10 Å². The molecule has 0 spiro atoms. The summed E-state index contributed by atoms with van der Waals surface area (Å²) in [7, 11) is 3.21. The van der Waals surface area contributed by atoms with Gasteiger partial charge in [-0.15, -0.1) is 11.3 Å². The molecule has 3 aromatic rings. The van der Waals surface area contributed by atoms with Crippen molar-refractivity contribution in [2.24, 2.45) is 10.1 Å². The Hall–Kier alpha value is -3.26. The fraction of sp³-hybridized carbons (Fsp3) is 0.238. The molecule has 3 rings (SSSR count). The zero-order valence-electron chi connectivity index (χ0n) is 16.7. The van der Waals surface area contributed by atoms with Gasteiger partial charge in [-0.25, -0.2) is 4.68 Å². The largest absolute Gasteiger partial charge is 0.508 e. The number of rotatable bonds is 6. The van der Waals surface area contributed by atoms with Gasteiger partial charge in [0, 0.05) is 34.7 Å². The van der Waals surface area contributed by atoms with Crippen molar-refractivity contribution >= 4 is 17.6 Å². The summed E-state index contributed by atoms with van der Waals surface area (Å²) >= 11 is 1.46. The van der Waals surface area contributed by atoms with Crippen molar-refractivity contribution in [3.05, 3.63) is 52.1 Å². The number of benzene rings is 2. The third kappa shape index (κ3) is 4.60. The van der Waals surface area contributed by atoms with E-state index < -0.39 is 0 Å². The topological polar surface area (TPSA) is 88.6 Å². The van der Waals surface area contributed by atoms with Crippen LogP contribution in [0.1, 0.15) is 19.4 Å². The number of ether oxygens (including phenoxy) is 2. The highest BCUT2D eigenvalue weighted by molar-refractivity contribution is 7.07. The zero-order chi connectivity index (χ0) is 21.0. The van der Waals surface area contributed by atoms with Crippen LogP contribution < -0.4 is 14.3 Å². The SMILES string of the molecule is COc1ccc(-c2csc(=NC(C)C)n2N=Cc2ccc(O)cc2O)c(OC)c1. The maximum atomic E-state index is 10.0. The van der Waals surface area contributed by atoms with Crippen LogP contribution in [0.15, 0.2) is 51.9 Å². The summed E-state index contributed by atoms with van der Waals surface area (Å²) in [4.78, 5) is 5.35. The highest BCUT2D eigenvalue weighted by Gasteiger charge is 2.14. The number of aromatic nitrogens is 1. The van der Waals surface area contributed by atoms with Crippen LogP contribution >= 0.6 is 11.3 Å². The Morgan fingerprint density at radius 2 is 1.86 bits per heavy atom. The van der Waals surface area contributed by atoms with Crippen molar-refractivity contribution in [3.63, 3.8) is 0 Å². The first kappa shape index (κ1) is 20.5. The van der Waals surface area contributed by atoms with Crippen molar-refractivity contribution in [2.75, 3.05) is 14.2 Å². The Morgan fingerprint density at radius 3 is 2.52 bits per heavy atom. The van der Waals surface area contributed by atoms with E-state index in [0.29, 0.717) is 21.9 Å². The lowest BCUT2D eigenvalue weighted by Gasteiger charge is -2.11. The molecule has 7 nitrogen and oxygen atoms in total. The van der Waals surface area contributed by atoms with Crippen molar-refractivity contribution in [1.82, 2.24) is 4.68 Å². The molecule has 0 aliphatic carbocycles. The normalized spacial score (nSPS) is 12.1. The minimum atomic E-state index is -0.0597. The second kappa shape index (κ2) is 8.83. The van der Waals surface area contributed by atoms with Gasteiger partial charge in [-0.05, 0) is 38.1 Å². The van der Waals surface area contributed by atoms with Crippen molar-refractivity contribution in [3.8, 4) is 34.3 Å². The van der Waals surface area contributed by atoms with Crippen molar-refractivity contribution < 1.29 is 19.7 Å². The van der Waals surface area contributed by atoms with E-state index in [1.54, 1.807) is 25.0 Å². The van der Waals surface area contributed by atoms with E-state index in [2.05, 4.69) is 10.1 Å². The minimum absolute atomic E-state index is 0.0120. The second-order valence-electron chi connectivity index (χ2n) is 6.49. The van der Waals surface area contributed by atoms with Gasteiger partial charge in [-0.3, -0.25) is 4.99 Å². The summed E-state index contributed by atoms with van der Waals surface area (Å²) in [5.74, 6) is 1.27. The molecule has 0 fully saturated rings. The summed E-state index contributed by atoms with van der Waals surface area (Å²) in [6.45, 7) is 3.99. The lowest BCUT2D eigenvalue weighted by molar-refractivity contribution is 0.395. The number of methoxy groups -OCH3 is 2. The van der Waals surface area contributed by atoms with Crippen LogP contribution in [0.5, 0.6) is 23.0 Å². The highest BCUT2D eigenvalue weighted by atomic mass is 32.1. The Kier molecular flexibility index (Phi) is 6.23. The number of aromatic hydroxyl groups is 2. The van der Waals surface area contributed by atoms with Crippen molar-refractivity contribution in [2.45, 2.75) is 19.9 Å². The van der Waals surface area contributed by atoms with Crippen LogP contribution in [0, 0.1) is 0 Å². The number of hydrogen-bond acceptors (Lipinski definition) is 7. The van der Waals surface area contributed by atoms with Crippen LogP contribution in [0.2, 0.25) is 0 Å². The molecular weight excluding hydrogens is 390 g/mol. The fourth-order valence-electron chi connectivity index (χ4n) is 2.68. The summed E-state index contributed by atoms with van der Waals surface area (Å²) < 4.78 is 12.5. The Bertz CT molecular complexity index is 1100. The monoisotopic (exact) mass is 413 g/mol. The predicted molar refractivity (Wildman–Crippen MR) is 114 cm³/mol. The van der Waals surface area contributed by atoms with Gasteiger partial charge >= 0.3 is 0 Å². The molecule has 0 amide bonds. The molecule has 0 unspecified atom stereocenters. The molecule has 0 bridgehead atoms. The molecule has 1 aromatic heterocycles. The Morgan fingerprint density at radius 1 is 1.07 bits per heavy atom. The fourth-order valence-corrected chi connectivity index (χ4v) is 3.64. The molecule has 1 heterocycles. The van der Waals surface area contributed by atoms with Gasteiger partial charge in [0.15, 0.2) is 0 Å². The first-order valence-corrected chi connectivity index (χ1v) is 9.84.